The minimum absolute atomic E-state index is 0.362. The molecule has 0 heterocycles. The first kappa shape index (κ1) is 44.2. The summed E-state index contributed by atoms with van der Waals surface area (Å²) < 4.78 is 11.8. The van der Waals surface area contributed by atoms with Gasteiger partial charge in [-0.2, -0.15) is 0 Å². The molecular weight excluding hydrogens is 823 g/mol. The summed E-state index contributed by atoms with van der Waals surface area (Å²) in [6, 6.07) is 78.2. The second kappa shape index (κ2) is 20.8. The Hall–Kier alpha value is -6.44. The van der Waals surface area contributed by atoms with Crippen LogP contribution in [0.2, 0.25) is 0 Å². The molecule has 0 aromatic heterocycles. The van der Waals surface area contributed by atoms with Crippen molar-refractivity contribution in [1.29, 1.82) is 0 Å². The topological polar surface area (TPSA) is 52.6 Å². The Bertz CT molecular complexity index is 2570. The van der Waals surface area contributed by atoms with Crippen LogP contribution in [-0.4, -0.2) is 24.3 Å². The maximum atomic E-state index is 12.5. The van der Waals surface area contributed by atoms with E-state index in [4.69, 9.17) is 9.47 Å². The van der Waals surface area contributed by atoms with Gasteiger partial charge >= 0.3 is 381 Å². The monoisotopic (exact) mass is 878 g/mol. The van der Waals surface area contributed by atoms with Crippen LogP contribution in [0.4, 0.5) is 0 Å². The molecule has 0 aliphatic heterocycles. The molecule has 4 nitrogen and oxygen atoms in total. The number of rotatable bonds is 17. The van der Waals surface area contributed by atoms with Crippen molar-refractivity contribution in [3.63, 3.8) is 0 Å². The molecule has 8 aromatic rings. The minimum atomic E-state index is -2.49. The standard InChI is InChI=1S/C58H56O4P2/c1-45(59)61-57-40-38-48(44-49(57)24-22-42-64(53-31-15-6-16-32-53,54-33-17-7-18-34-54)55-35-19-8-20-36-55)56-43-47(37-39-58(56)62-46(2)60)23-21-41-63(50-25-9-3-10-26-50,51-27-11-4-12-28-51)52-29-13-5-14-30-52/h3-20,25-40,43-44,63-64H,21-24,41-42H2,1-2H3. The zero-order valence-electron chi connectivity index (χ0n) is 36.7. The average molecular weight is 879 g/mol. The van der Waals surface area contributed by atoms with Crippen molar-refractivity contribution in [1.82, 2.24) is 0 Å². The third-order valence-corrected chi connectivity index (χ3v) is 22.7. The van der Waals surface area contributed by atoms with Gasteiger partial charge in [-0.25, -0.2) is 0 Å². The van der Waals surface area contributed by atoms with Crippen molar-refractivity contribution in [3.05, 3.63) is 230 Å². The van der Waals surface area contributed by atoms with Gasteiger partial charge < -0.3 is 0 Å². The Morgan fingerprint density at radius 3 is 1.11 bits per heavy atom. The number of benzene rings is 8. The molecule has 0 fully saturated rings. The van der Waals surface area contributed by atoms with Crippen LogP contribution in [0, 0.1) is 0 Å². The zero-order chi connectivity index (χ0) is 44.2. The Morgan fingerprint density at radius 1 is 0.391 bits per heavy atom. The van der Waals surface area contributed by atoms with E-state index in [1.54, 1.807) is 0 Å². The fraction of sp³-hybridized carbons (Fsp3) is 0.138. The molecule has 0 saturated heterocycles. The molecule has 0 radical (unpaired) electrons. The summed E-state index contributed by atoms with van der Waals surface area (Å²) in [6.45, 7) is 2.89. The molecule has 322 valence electrons. The first-order valence-electron chi connectivity index (χ1n) is 22.3. The van der Waals surface area contributed by atoms with E-state index in [2.05, 4.69) is 200 Å². The van der Waals surface area contributed by atoms with Gasteiger partial charge in [-0.05, 0) is 0 Å². The number of aryl methyl sites for hydroxylation is 2. The maximum absolute atomic E-state index is 12.5. The third kappa shape index (κ3) is 9.85. The van der Waals surface area contributed by atoms with E-state index in [1.165, 1.54) is 45.7 Å². The molecule has 6 heteroatoms. The summed E-state index contributed by atoms with van der Waals surface area (Å²) in [7, 11) is -4.91. The van der Waals surface area contributed by atoms with Gasteiger partial charge in [0.05, 0.1) is 0 Å². The van der Waals surface area contributed by atoms with Crippen LogP contribution < -0.4 is 41.3 Å². The van der Waals surface area contributed by atoms with Gasteiger partial charge in [0.1, 0.15) is 0 Å². The fourth-order valence-corrected chi connectivity index (χ4v) is 19.4. The molecule has 0 spiro atoms. The van der Waals surface area contributed by atoms with Gasteiger partial charge in [-0.3, -0.25) is 0 Å². The molecular formula is C58H56O4P2. The molecule has 0 N–H and O–H groups in total. The van der Waals surface area contributed by atoms with Crippen molar-refractivity contribution in [2.24, 2.45) is 0 Å². The quantitative estimate of drug-likeness (QED) is 0.0520. The number of hydrogen-bond donors (Lipinski definition) is 0. The molecule has 0 atom stereocenters. The van der Waals surface area contributed by atoms with Crippen LogP contribution >= 0.6 is 14.5 Å². The summed E-state index contributed by atoms with van der Waals surface area (Å²) in [5, 5.41) is 8.28. The molecule has 0 aliphatic rings. The molecule has 0 saturated carbocycles. The van der Waals surface area contributed by atoms with E-state index >= 15 is 0 Å². The Labute approximate surface area is 379 Å². The van der Waals surface area contributed by atoms with Gasteiger partial charge in [0.25, 0.3) is 0 Å². The van der Waals surface area contributed by atoms with Gasteiger partial charge in [-0.15, -0.1) is 0 Å². The Kier molecular flexibility index (Phi) is 14.4. The van der Waals surface area contributed by atoms with Crippen LogP contribution in [0.15, 0.2) is 218 Å². The summed E-state index contributed by atoms with van der Waals surface area (Å²) in [6.07, 6.45) is 5.32. The molecule has 0 unspecified atom stereocenters. The number of carbonyl (C=O) groups is 2. The molecule has 64 heavy (non-hydrogen) atoms. The second-order valence-electron chi connectivity index (χ2n) is 16.6. The summed E-state index contributed by atoms with van der Waals surface area (Å²) in [5.41, 5.74) is 3.84. The summed E-state index contributed by atoms with van der Waals surface area (Å²) in [4.78, 5) is 25.0. The summed E-state index contributed by atoms with van der Waals surface area (Å²) >= 11 is 0. The molecule has 0 amide bonds. The van der Waals surface area contributed by atoms with Crippen molar-refractivity contribution in [2.75, 3.05) is 12.3 Å². The van der Waals surface area contributed by atoms with Gasteiger partial charge in [0.15, 0.2) is 0 Å². The first-order valence-corrected chi connectivity index (χ1v) is 26.7. The molecule has 0 bridgehead atoms. The van der Waals surface area contributed by atoms with Crippen LogP contribution in [0.25, 0.3) is 11.1 Å². The summed E-state index contributed by atoms with van der Waals surface area (Å²) in [5.74, 6) is 0.322. The predicted molar refractivity (Wildman–Crippen MR) is 274 cm³/mol. The van der Waals surface area contributed by atoms with Crippen LogP contribution in [0.3, 0.4) is 0 Å². The van der Waals surface area contributed by atoms with Gasteiger partial charge in [0, 0.05) is 0 Å². The van der Waals surface area contributed by atoms with Crippen LogP contribution in [0.5, 0.6) is 11.5 Å². The number of ether oxygens (including phenoxy) is 2. The Balaban J connectivity index is 1.13. The van der Waals surface area contributed by atoms with Crippen molar-refractivity contribution in [3.8, 4) is 22.6 Å². The molecule has 8 aromatic carbocycles. The number of carbonyl (C=O) groups excluding carboxylic acids is 2. The Morgan fingerprint density at radius 2 is 0.734 bits per heavy atom. The SMILES string of the molecule is CC(=O)Oc1ccc(-c2cc(CCC[PH](c3ccccc3)(c3ccccc3)c3ccccc3)ccc2OC(C)=O)cc1CCC[PH](c1ccccc1)(c1ccccc1)c1ccccc1. The van der Waals surface area contributed by atoms with Crippen LogP contribution in [0.1, 0.15) is 37.8 Å². The third-order valence-electron chi connectivity index (χ3n) is 12.5. The van der Waals surface area contributed by atoms with E-state index in [1.807, 2.05) is 18.2 Å². The first-order chi connectivity index (χ1) is 31.4. The zero-order valence-corrected chi connectivity index (χ0v) is 38.7. The normalized spacial score (nSPS) is 12.0. The van der Waals surface area contributed by atoms with Crippen molar-refractivity contribution < 1.29 is 19.1 Å². The van der Waals surface area contributed by atoms with E-state index in [9.17, 15) is 9.59 Å². The predicted octanol–water partition coefficient (Wildman–Crippen LogP) is 10.5. The fourth-order valence-electron chi connectivity index (χ4n) is 9.70. The van der Waals surface area contributed by atoms with Crippen molar-refractivity contribution >= 4 is 58.3 Å². The second-order valence-corrected chi connectivity index (χ2v) is 24.6. The van der Waals surface area contributed by atoms with Gasteiger partial charge in [0.2, 0.25) is 0 Å². The number of esters is 2. The van der Waals surface area contributed by atoms with Gasteiger partial charge in [-0.1, -0.05) is 0 Å². The van der Waals surface area contributed by atoms with E-state index in [0.29, 0.717) is 17.9 Å². The molecule has 0 aliphatic carbocycles. The number of hydrogen-bond acceptors (Lipinski definition) is 4. The van der Waals surface area contributed by atoms with Crippen LogP contribution in [-0.2, 0) is 22.4 Å². The van der Waals surface area contributed by atoms with E-state index < -0.39 is 14.5 Å². The van der Waals surface area contributed by atoms with Crippen molar-refractivity contribution in [2.45, 2.75) is 39.5 Å². The van der Waals surface area contributed by atoms with E-state index in [-0.39, 0.29) is 11.9 Å². The average Bonchev–Trinajstić information content (AvgIpc) is 3.34. The molecule has 8 rings (SSSR count). The van der Waals surface area contributed by atoms with E-state index in [0.717, 1.165) is 53.8 Å².